The van der Waals surface area contributed by atoms with Crippen molar-refractivity contribution in [1.29, 1.82) is 0 Å². The van der Waals surface area contributed by atoms with Gasteiger partial charge in [0.1, 0.15) is 5.75 Å². The Morgan fingerprint density at radius 2 is 1.93 bits per heavy atom. The van der Waals surface area contributed by atoms with Gasteiger partial charge in [-0.25, -0.2) is 0 Å². The molecule has 27 heavy (non-hydrogen) atoms. The van der Waals surface area contributed by atoms with E-state index in [2.05, 4.69) is 6.58 Å². The van der Waals surface area contributed by atoms with E-state index in [1.807, 2.05) is 0 Å². The van der Waals surface area contributed by atoms with E-state index < -0.39 is 17.7 Å². The third-order valence-electron chi connectivity index (χ3n) is 4.13. The Morgan fingerprint density at radius 1 is 1.22 bits per heavy atom. The molecule has 2 aromatic rings. The lowest BCUT2D eigenvalue weighted by Crippen LogP contribution is -2.29. The highest BCUT2D eigenvalue weighted by Gasteiger charge is 2.32. The van der Waals surface area contributed by atoms with Gasteiger partial charge >= 0.3 is 6.18 Å². The van der Waals surface area contributed by atoms with Crippen molar-refractivity contribution < 1.29 is 32.2 Å². The molecule has 1 atom stereocenters. The second-order valence-corrected chi connectivity index (χ2v) is 6.00. The maximum Gasteiger partial charge on any atom is 0.416 e. The minimum Gasteiger partial charge on any atom is -0.488 e. The Morgan fingerprint density at radius 3 is 2.56 bits per heavy atom. The summed E-state index contributed by atoms with van der Waals surface area (Å²) in [7, 11) is 0. The highest BCUT2D eigenvalue weighted by atomic mass is 19.4. The molecule has 7 heteroatoms. The number of alkyl halides is 3. The van der Waals surface area contributed by atoms with Gasteiger partial charge in [0.15, 0.2) is 23.1 Å². The molecule has 0 spiro atoms. The van der Waals surface area contributed by atoms with E-state index in [0.717, 1.165) is 18.2 Å². The van der Waals surface area contributed by atoms with E-state index in [4.69, 9.17) is 9.47 Å². The van der Waals surface area contributed by atoms with E-state index >= 15 is 0 Å². The summed E-state index contributed by atoms with van der Waals surface area (Å²) < 4.78 is 49.1. The molecule has 0 saturated heterocycles. The minimum atomic E-state index is -4.43. The fourth-order valence-electron chi connectivity index (χ4n) is 2.74. The second kappa shape index (κ2) is 7.26. The third-order valence-corrected chi connectivity index (χ3v) is 4.13. The SMILES string of the molecule is C=CC(=O)CC1COc2c(Oc3ccc(C(F)(F)F)cc3)cccc2C1=O. The molecule has 0 amide bonds. The molecule has 3 rings (SSSR count). The van der Waals surface area contributed by atoms with E-state index in [-0.39, 0.29) is 47.4 Å². The molecule has 0 N–H and O–H groups in total. The van der Waals surface area contributed by atoms with Gasteiger partial charge in [0.2, 0.25) is 0 Å². The molecule has 0 saturated carbocycles. The van der Waals surface area contributed by atoms with Gasteiger partial charge < -0.3 is 9.47 Å². The molecule has 0 bridgehead atoms. The number of ketones is 2. The number of para-hydroxylation sites is 1. The predicted molar refractivity (Wildman–Crippen MR) is 91.1 cm³/mol. The van der Waals surface area contributed by atoms with Gasteiger partial charge in [-0.05, 0) is 42.5 Å². The quantitative estimate of drug-likeness (QED) is 0.701. The highest BCUT2D eigenvalue weighted by molar-refractivity contribution is 6.04. The molecule has 0 radical (unpaired) electrons. The summed E-state index contributed by atoms with van der Waals surface area (Å²) in [5.41, 5.74) is -0.515. The minimum absolute atomic E-state index is 0.00572. The number of hydrogen-bond donors (Lipinski definition) is 0. The van der Waals surface area contributed by atoms with Crippen LogP contribution in [0.1, 0.15) is 22.3 Å². The summed E-state index contributed by atoms with van der Waals surface area (Å²) in [6.07, 6.45) is -3.27. The Balaban J connectivity index is 1.83. The van der Waals surface area contributed by atoms with Crippen molar-refractivity contribution in [3.8, 4) is 17.2 Å². The largest absolute Gasteiger partial charge is 0.488 e. The lowest BCUT2D eigenvalue weighted by Gasteiger charge is -2.25. The van der Waals surface area contributed by atoms with Crippen LogP contribution in [0.4, 0.5) is 13.2 Å². The zero-order valence-corrected chi connectivity index (χ0v) is 14.1. The number of benzene rings is 2. The van der Waals surface area contributed by atoms with Crippen LogP contribution in [0.15, 0.2) is 55.1 Å². The molecule has 0 aromatic heterocycles. The maximum absolute atomic E-state index is 12.6. The number of allylic oxidation sites excluding steroid dienone is 1. The summed E-state index contributed by atoms with van der Waals surface area (Å²) >= 11 is 0. The van der Waals surface area contributed by atoms with Crippen LogP contribution in [0.3, 0.4) is 0 Å². The van der Waals surface area contributed by atoms with Gasteiger partial charge in [0.05, 0.1) is 23.7 Å². The first kappa shape index (κ1) is 18.7. The fourth-order valence-corrected chi connectivity index (χ4v) is 2.74. The molecule has 0 aliphatic carbocycles. The van der Waals surface area contributed by atoms with Crippen LogP contribution in [-0.2, 0) is 11.0 Å². The lowest BCUT2D eigenvalue weighted by molar-refractivity contribution is -0.137. The number of fused-ring (bicyclic) bond motifs is 1. The molecule has 1 aliphatic heterocycles. The van der Waals surface area contributed by atoms with Crippen LogP contribution in [0, 0.1) is 5.92 Å². The monoisotopic (exact) mass is 376 g/mol. The normalized spacial score (nSPS) is 16.3. The van der Waals surface area contributed by atoms with Crippen LogP contribution in [0.2, 0.25) is 0 Å². The van der Waals surface area contributed by atoms with Crippen molar-refractivity contribution >= 4 is 11.6 Å². The first-order valence-electron chi connectivity index (χ1n) is 8.10. The van der Waals surface area contributed by atoms with Crippen LogP contribution >= 0.6 is 0 Å². The predicted octanol–water partition coefficient (Wildman–Crippen LogP) is 4.83. The van der Waals surface area contributed by atoms with Gasteiger partial charge in [-0.3, -0.25) is 9.59 Å². The van der Waals surface area contributed by atoms with Crippen molar-refractivity contribution in [2.75, 3.05) is 6.61 Å². The number of carbonyl (C=O) groups is 2. The van der Waals surface area contributed by atoms with Crippen molar-refractivity contribution in [3.05, 3.63) is 66.2 Å². The molecular weight excluding hydrogens is 361 g/mol. The molecule has 0 fully saturated rings. The standard InChI is InChI=1S/C20H15F3O4/c1-2-14(24)10-12-11-26-19-16(18(12)25)4-3-5-17(19)27-15-8-6-13(7-9-15)20(21,22)23/h2-9,12H,1,10-11H2. The molecule has 140 valence electrons. The smallest absolute Gasteiger partial charge is 0.416 e. The highest BCUT2D eigenvalue weighted by Crippen LogP contribution is 2.39. The van der Waals surface area contributed by atoms with Crippen molar-refractivity contribution in [2.45, 2.75) is 12.6 Å². The van der Waals surface area contributed by atoms with Gasteiger partial charge in [0.25, 0.3) is 0 Å². The summed E-state index contributed by atoms with van der Waals surface area (Å²) in [6.45, 7) is 3.40. The molecule has 1 heterocycles. The van der Waals surface area contributed by atoms with Crippen molar-refractivity contribution in [3.63, 3.8) is 0 Å². The Labute approximate surface area is 153 Å². The summed E-state index contributed by atoms with van der Waals surface area (Å²) in [5.74, 6) is -0.499. The first-order chi connectivity index (χ1) is 12.8. The van der Waals surface area contributed by atoms with Gasteiger partial charge in [-0.15, -0.1) is 0 Å². The fraction of sp³-hybridized carbons (Fsp3) is 0.200. The number of hydrogen-bond acceptors (Lipinski definition) is 4. The number of Topliss-reactive ketones (excluding diaryl/α,β-unsaturated/α-hetero) is 1. The summed E-state index contributed by atoms with van der Waals surface area (Å²) in [6, 6.07) is 8.90. The van der Waals surface area contributed by atoms with Gasteiger partial charge in [-0.2, -0.15) is 13.2 Å². The van der Waals surface area contributed by atoms with Gasteiger partial charge in [-0.1, -0.05) is 12.6 Å². The third kappa shape index (κ3) is 4.02. The average Bonchev–Trinajstić information content (AvgIpc) is 2.64. The van der Waals surface area contributed by atoms with Gasteiger partial charge in [0, 0.05) is 6.42 Å². The number of ether oxygens (including phenoxy) is 2. The first-order valence-corrected chi connectivity index (χ1v) is 8.10. The molecule has 2 aromatic carbocycles. The topological polar surface area (TPSA) is 52.6 Å². The van der Waals surface area contributed by atoms with Crippen molar-refractivity contribution in [2.24, 2.45) is 5.92 Å². The molecule has 4 nitrogen and oxygen atoms in total. The Bertz CT molecular complexity index is 885. The molecule has 1 unspecified atom stereocenters. The van der Waals surface area contributed by atoms with E-state index in [1.54, 1.807) is 18.2 Å². The number of halogens is 3. The molecular formula is C20H15F3O4. The number of rotatable bonds is 5. The van der Waals surface area contributed by atoms with Crippen LogP contribution in [0.5, 0.6) is 17.2 Å². The summed E-state index contributed by atoms with van der Waals surface area (Å²) in [4.78, 5) is 24.1. The van der Waals surface area contributed by atoms with Crippen molar-refractivity contribution in [1.82, 2.24) is 0 Å². The average molecular weight is 376 g/mol. The summed E-state index contributed by atoms with van der Waals surface area (Å²) in [5, 5.41) is 0. The zero-order valence-electron chi connectivity index (χ0n) is 14.1. The Kier molecular flexibility index (Phi) is 5.03. The lowest BCUT2D eigenvalue weighted by atomic mass is 9.91. The second-order valence-electron chi connectivity index (χ2n) is 6.00. The number of carbonyl (C=O) groups excluding carboxylic acids is 2. The van der Waals surface area contributed by atoms with Crippen LogP contribution < -0.4 is 9.47 Å². The zero-order chi connectivity index (χ0) is 19.6. The van der Waals surface area contributed by atoms with E-state index in [1.165, 1.54) is 12.1 Å². The molecule has 1 aliphatic rings. The van der Waals surface area contributed by atoms with E-state index in [9.17, 15) is 22.8 Å². The Hall–Kier alpha value is -3.09. The maximum atomic E-state index is 12.6. The van der Waals surface area contributed by atoms with Crippen LogP contribution in [-0.4, -0.2) is 18.2 Å². The van der Waals surface area contributed by atoms with Crippen LogP contribution in [0.25, 0.3) is 0 Å². The van der Waals surface area contributed by atoms with E-state index in [0.29, 0.717) is 0 Å².